The molecule has 19 heavy (non-hydrogen) atoms. The summed E-state index contributed by atoms with van der Waals surface area (Å²) in [7, 11) is 1.49. The van der Waals surface area contributed by atoms with Gasteiger partial charge in [-0.2, -0.15) is 0 Å². The number of hydrogen-bond acceptors (Lipinski definition) is 3. The predicted molar refractivity (Wildman–Crippen MR) is 70.8 cm³/mol. The molecule has 0 aliphatic carbocycles. The molecule has 7 heteroatoms. The van der Waals surface area contributed by atoms with E-state index in [0.29, 0.717) is 6.54 Å². The monoisotopic (exact) mass is 273 g/mol. The smallest absolute Gasteiger partial charge is 0.323 e. The van der Waals surface area contributed by atoms with Crippen LogP contribution >= 0.6 is 0 Å². The third-order valence-electron chi connectivity index (χ3n) is 2.60. The van der Waals surface area contributed by atoms with E-state index < -0.39 is 24.1 Å². The van der Waals surface area contributed by atoms with E-state index in [1.54, 1.807) is 27.7 Å². The van der Waals surface area contributed by atoms with E-state index in [1.165, 1.54) is 16.8 Å². The number of carboxylic acids is 1. The molecule has 0 saturated heterocycles. The summed E-state index contributed by atoms with van der Waals surface area (Å²) < 4.78 is 0. The van der Waals surface area contributed by atoms with Crippen molar-refractivity contribution in [1.29, 1.82) is 0 Å². The fraction of sp³-hybridized carbons (Fsp3) is 0.750. The Balaban J connectivity index is 5.04. The number of urea groups is 1. The Morgan fingerprint density at radius 3 is 2.00 bits per heavy atom. The van der Waals surface area contributed by atoms with Crippen LogP contribution in [-0.4, -0.2) is 65.0 Å². The van der Waals surface area contributed by atoms with Crippen LogP contribution in [0.4, 0.5) is 4.79 Å². The van der Waals surface area contributed by atoms with E-state index in [1.807, 2.05) is 0 Å². The molecule has 0 aliphatic heterocycles. The van der Waals surface area contributed by atoms with E-state index in [4.69, 9.17) is 5.11 Å². The molecular formula is C12H23N3O4. The molecule has 0 spiro atoms. The van der Waals surface area contributed by atoms with Crippen LogP contribution in [0.2, 0.25) is 0 Å². The van der Waals surface area contributed by atoms with Gasteiger partial charge in [-0.15, -0.1) is 0 Å². The SMILES string of the molecule is CCN(CC(=O)NC)C(=O)N(CC(=O)O)C(C)(C)C. The van der Waals surface area contributed by atoms with Crippen LogP contribution in [-0.2, 0) is 9.59 Å². The number of likely N-dealkylation sites (N-methyl/N-ethyl adjacent to an activating group) is 2. The van der Waals surface area contributed by atoms with Gasteiger partial charge < -0.3 is 20.2 Å². The first-order chi connectivity index (χ1) is 8.63. The second-order valence-corrected chi connectivity index (χ2v) is 5.12. The summed E-state index contributed by atoms with van der Waals surface area (Å²) in [5, 5.41) is 11.3. The molecule has 0 aromatic carbocycles. The minimum atomic E-state index is -1.08. The van der Waals surface area contributed by atoms with Crippen LogP contribution < -0.4 is 5.32 Å². The molecular weight excluding hydrogens is 250 g/mol. The lowest BCUT2D eigenvalue weighted by molar-refractivity contribution is -0.138. The first-order valence-corrected chi connectivity index (χ1v) is 6.12. The average Bonchev–Trinajstić information content (AvgIpc) is 2.30. The summed E-state index contributed by atoms with van der Waals surface area (Å²) in [5.74, 6) is -1.38. The summed E-state index contributed by atoms with van der Waals surface area (Å²) in [6.45, 7) is 6.84. The van der Waals surface area contributed by atoms with Gasteiger partial charge in [0, 0.05) is 19.1 Å². The first kappa shape index (κ1) is 17.2. The molecule has 3 amide bonds. The van der Waals surface area contributed by atoms with E-state index >= 15 is 0 Å². The van der Waals surface area contributed by atoms with Crippen molar-refractivity contribution in [2.45, 2.75) is 33.2 Å². The maximum Gasteiger partial charge on any atom is 0.323 e. The Hall–Kier alpha value is -1.79. The molecule has 0 aliphatic rings. The molecule has 0 saturated carbocycles. The highest BCUT2D eigenvalue weighted by atomic mass is 16.4. The fourth-order valence-electron chi connectivity index (χ4n) is 1.46. The lowest BCUT2D eigenvalue weighted by Crippen LogP contribution is -2.55. The lowest BCUT2D eigenvalue weighted by atomic mass is 10.1. The van der Waals surface area contributed by atoms with E-state index in [-0.39, 0.29) is 12.5 Å². The zero-order valence-corrected chi connectivity index (χ0v) is 12.2. The second-order valence-electron chi connectivity index (χ2n) is 5.12. The topological polar surface area (TPSA) is 90.0 Å². The zero-order chi connectivity index (χ0) is 15.2. The molecule has 0 atom stereocenters. The number of carboxylic acid groups (broad SMARTS) is 1. The summed E-state index contributed by atoms with van der Waals surface area (Å²) in [6.07, 6.45) is 0. The maximum atomic E-state index is 12.3. The van der Waals surface area contributed by atoms with Crippen LogP contribution in [0.3, 0.4) is 0 Å². The van der Waals surface area contributed by atoms with Gasteiger partial charge in [0.25, 0.3) is 0 Å². The third kappa shape index (κ3) is 5.58. The Labute approximate surface area is 113 Å². The van der Waals surface area contributed by atoms with Gasteiger partial charge in [-0.3, -0.25) is 9.59 Å². The van der Waals surface area contributed by atoms with Crippen LogP contribution in [0, 0.1) is 0 Å². The molecule has 0 aromatic heterocycles. The highest BCUT2D eigenvalue weighted by molar-refractivity contribution is 5.86. The van der Waals surface area contributed by atoms with Gasteiger partial charge >= 0.3 is 12.0 Å². The third-order valence-corrected chi connectivity index (χ3v) is 2.60. The van der Waals surface area contributed by atoms with E-state index in [0.717, 1.165) is 0 Å². The fourth-order valence-corrected chi connectivity index (χ4v) is 1.46. The minimum absolute atomic E-state index is 0.0853. The van der Waals surface area contributed by atoms with Crippen LogP contribution in [0.25, 0.3) is 0 Å². The summed E-state index contributed by atoms with van der Waals surface area (Å²) in [5.41, 5.74) is -0.633. The number of nitrogens with one attached hydrogen (secondary N) is 1. The van der Waals surface area contributed by atoms with Crippen LogP contribution in [0.1, 0.15) is 27.7 Å². The Morgan fingerprint density at radius 1 is 1.16 bits per heavy atom. The van der Waals surface area contributed by atoms with Gasteiger partial charge in [-0.05, 0) is 27.7 Å². The quantitative estimate of drug-likeness (QED) is 0.756. The van der Waals surface area contributed by atoms with Crippen molar-refractivity contribution in [3.63, 3.8) is 0 Å². The van der Waals surface area contributed by atoms with Crippen LogP contribution in [0.5, 0.6) is 0 Å². The van der Waals surface area contributed by atoms with Crippen molar-refractivity contribution in [2.75, 3.05) is 26.7 Å². The summed E-state index contributed by atoms with van der Waals surface area (Å²) in [4.78, 5) is 37.1. The van der Waals surface area contributed by atoms with Crippen molar-refractivity contribution < 1.29 is 19.5 Å². The largest absolute Gasteiger partial charge is 0.480 e. The van der Waals surface area contributed by atoms with Gasteiger partial charge in [0.05, 0.1) is 0 Å². The molecule has 0 unspecified atom stereocenters. The highest BCUT2D eigenvalue weighted by Crippen LogP contribution is 2.15. The van der Waals surface area contributed by atoms with Crippen molar-refractivity contribution in [2.24, 2.45) is 0 Å². The summed E-state index contributed by atoms with van der Waals surface area (Å²) in [6, 6.07) is -0.457. The average molecular weight is 273 g/mol. The minimum Gasteiger partial charge on any atom is -0.480 e. The number of aliphatic carboxylic acids is 1. The number of rotatable bonds is 5. The van der Waals surface area contributed by atoms with Gasteiger partial charge in [0.1, 0.15) is 13.1 Å². The Kier molecular flexibility index (Phi) is 6.31. The second kappa shape index (κ2) is 6.96. The first-order valence-electron chi connectivity index (χ1n) is 6.12. The number of nitrogens with zero attached hydrogens (tertiary/aromatic N) is 2. The molecule has 2 N–H and O–H groups in total. The molecule has 0 fully saturated rings. The van der Waals surface area contributed by atoms with Crippen LogP contribution in [0.15, 0.2) is 0 Å². The number of carbonyl (C=O) groups excluding carboxylic acids is 2. The maximum absolute atomic E-state index is 12.3. The molecule has 7 nitrogen and oxygen atoms in total. The van der Waals surface area contributed by atoms with Crippen molar-refractivity contribution >= 4 is 17.9 Å². The highest BCUT2D eigenvalue weighted by Gasteiger charge is 2.31. The molecule has 110 valence electrons. The van der Waals surface area contributed by atoms with Gasteiger partial charge in [-0.25, -0.2) is 4.79 Å². The van der Waals surface area contributed by atoms with E-state index in [2.05, 4.69) is 5.32 Å². The van der Waals surface area contributed by atoms with Crippen molar-refractivity contribution in [1.82, 2.24) is 15.1 Å². The van der Waals surface area contributed by atoms with E-state index in [9.17, 15) is 14.4 Å². The van der Waals surface area contributed by atoms with Gasteiger partial charge in [0.15, 0.2) is 0 Å². The number of hydrogen-bond donors (Lipinski definition) is 2. The molecule has 0 heterocycles. The molecule has 0 rings (SSSR count). The number of amides is 3. The molecule has 0 aromatic rings. The number of carbonyl (C=O) groups is 3. The van der Waals surface area contributed by atoms with Crippen molar-refractivity contribution in [3.8, 4) is 0 Å². The predicted octanol–water partition coefficient (Wildman–Crippen LogP) is 0.359. The van der Waals surface area contributed by atoms with Crippen molar-refractivity contribution in [3.05, 3.63) is 0 Å². The molecule has 0 bridgehead atoms. The normalized spacial score (nSPS) is 10.8. The Morgan fingerprint density at radius 2 is 1.68 bits per heavy atom. The zero-order valence-electron chi connectivity index (χ0n) is 12.2. The molecule has 0 radical (unpaired) electrons. The standard InChI is InChI=1S/C12H23N3O4/c1-6-14(7-9(16)13-5)11(19)15(8-10(17)18)12(2,3)4/h6-8H2,1-5H3,(H,13,16)(H,17,18). The Bertz CT molecular complexity index is 349. The van der Waals surface area contributed by atoms with Gasteiger partial charge in [0.2, 0.25) is 5.91 Å². The lowest BCUT2D eigenvalue weighted by Gasteiger charge is -2.37. The summed E-state index contributed by atoms with van der Waals surface area (Å²) >= 11 is 0. The van der Waals surface area contributed by atoms with Gasteiger partial charge in [-0.1, -0.05) is 0 Å².